The van der Waals surface area contributed by atoms with Gasteiger partial charge in [-0.15, -0.1) is 0 Å². The Hall–Kier alpha value is -1.70. The molecule has 0 aromatic heterocycles. The first-order valence-electron chi connectivity index (χ1n) is 9.76. The van der Waals surface area contributed by atoms with Crippen LogP contribution in [-0.4, -0.2) is 49.2 Å². The van der Waals surface area contributed by atoms with Crippen LogP contribution < -0.4 is 5.73 Å². The van der Waals surface area contributed by atoms with Crippen LogP contribution in [-0.2, 0) is 23.7 Å². The van der Waals surface area contributed by atoms with Crippen LogP contribution >= 0.6 is 0 Å². The van der Waals surface area contributed by atoms with Crippen molar-refractivity contribution >= 4 is 16.5 Å². The van der Waals surface area contributed by atoms with E-state index in [4.69, 9.17) is 29.4 Å². The molecule has 3 unspecified atom stereocenters. The zero-order valence-electron chi connectivity index (χ0n) is 16.9. The first kappa shape index (κ1) is 19.6. The van der Waals surface area contributed by atoms with Crippen molar-refractivity contribution < 1.29 is 23.7 Å². The highest BCUT2D eigenvalue weighted by Crippen LogP contribution is 2.39. The Morgan fingerprint density at radius 3 is 2.18 bits per heavy atom. The van der Waals surface area contributed by atoms with Gasteiger partial charge < -0.3 is 29.4 Å². The van der Waals surface area contributed by atoms with Gasteiger partial charge in [0.1, 0.15) is 24.4 Å². The molecule has 2 aromatic carbocycles. The number of fused-ring (bicyclic) bond motifs is 2. The summed E-state index contributed by atoms with van der Waals surface area (Å²) in [5.74, 6) is -1.05. The molecule has 0 bridgehead atoms. The number of benzene rings is 2. The predicted octanol–water partition coefficient (Wildman–Crippen LogP) is 3.48. The monoisotopic (exact) mass is 387 g/mol. The number of ether oxygens (including phenoxy) is 5. The second kappa shape index (κ2) is 7.28. The van der Waals surface area contributed by atoms with Gasteiger partial charge in [-0.25, -0.2) is 0 Å². The minimum absolute atomic E-state index is 0.0160. The van der Waals surface area contributed by atoms with E-state index >= 15 is 0 Å². The largest absolute Gasteiger partial charge is 0.399 e. The van der Waals surface area contributed by atoms with Crippen LogP contribution in [0.3, 0.4) is 0 Å². The second-order valence-electron chi connectivity index (χ2n) is 8.41. The lowest BCUT2D eigenvalue weighted by atomic mass is 10.1. The molecule has 3 heterocycles. The van der Waals surface area contributed by atoms with Gasteiger partial charge in [-0.3, -0.25) is 0 Å². The molecule has 152 valence electrons. The van der Waals surface area contributed by atoms with E-state index in [0.717, 1.165) is 5.69 Å². The zero-order chi connectivity index (χ0) is 19.9. The summed E-state index contributed by atoms with van der Waals surface area (Å²) in [4.78, 5) is 0. The molecule has 2 aromatic rings. The van der Waals surface area contributed by atoms with E-state index < -0.39 is 11.6 Å². The number of hydrogen-bond donors (Lipinski definition) is 1. The molecule has 3 fully saturated rings. The van der Waals surface area contributed by atoms with Crippen molar-refractivity contribution in [3.63, 3.8) is 0 Å². The fraction of sp³-hybridized carbons (Fsp3) is 0.545. The van der Waals surface area contributed by atoms with Crippen LogP contribution in [0, 0.1) is 0 Å². The molecule has 3 aliphatic rings. The van der Waals surface area contributed by atoms with Gasteiger partial charge in [0.05, 0.1) is 13.2 Å². The maximum atomic E-state index is 5.88. The molecule has 28 heavy (non-hydrogen) atoms. The summed E-state index contributed by atoms with van der Waals surface area (Å²) in [6.45, 7) is 8.80. The lowest BCUT2D eigenvalue weighted by molar-refractivity contribution is -0.195. The van der Waals surface area contributed by atoms with Crippen molar-refractivity contribution in [3.8, 4) is 0 Å². The molecule has 0 saturated carbocycles. The van der Waals surface area contributed by atoms with E-state index in [9.17, 15) is 0 Å². The number of nitrogens with two attached hydrogens (primary N) is 1. The summed E-state index contributed by atoms with van der Waals surface area (Å²) in [6, 6.07) is 14.1. The van der Waals surface area contributed by atoms with E-state index in [1.807, 2.05) is 58.0 Å². The Morgan fingerprint density at radius 1 is 0.786 bits per heavy atom. The standard InChI is InChI=1S/C12H20O5.C10H9N/c1-11(2)14-6-8(15-11)9-10-7(5-13-9)16-12(3,4)17-10;11-10-6-5-8-3-1-2-4-9(8)7-10/h7-10H,5-6H2,1-4H3;1-7H,11H2/t7?,8?,9-,10?;/m1./s1. The summed E-state index contributed by atoms with van der Waals surface area (Å²) in [7, 11) is 0. The zero-order valence-corrected chi connectivity index (χ0v) is 16.9. The Balaban J connectivity index is 0.000000151. The van der Waals surface area contributed by atoms with Crippen molar-refractivity contribution in [3.05, 3.63) is 42.5 Å². The minimum atomic E-state index is -0.527. The van der Waals surface area contributed by atoms with Crippen LogP contribution in [0.1, 0.15) is 27.7 Å². The molecule has 0 spiro atoms. The van der Waals surface area contributed by atoms with Gasteiger partial charge in [-0.2, -0.15) is 0 Å². The van der Waals surface area contributed by atoms with E-state index in [1.165, 1.54) is 10.8 Å². The van der Waals surface area contributed by atoms with E-state index in [0.29, 0.717) is 13.2 Å². The highest BCUT2D eigenvalue weighted by molar-refractivity contribution is 5.85. The number of anilines is 1. The van der Waals surface area contributed by atoms with Gasteiger partial charge in [0, 0.05) is 5.69 Å². The lowest BCUT2D eigenvalue weighted by Gasteiger charge is -2.25. The van der Waals surface area contributed by atoms with Gasteiger partial charge in [-0.1, -0.05) is 30.3 Å². The van der Waals surface area contributed by atoms with E-state index in [-0.39, 0.29) is 24.4 Å². The van der Waals surface area contributed by atoms with Gasteiger partial charge in [0.2, 0.25) is 0 Å². The molecular formula is C22H29NO5. The number of nitrogen functional groups attached to an aromatic ring is 1. The van der Waals surface area contributed by atoms with Gasteiger partial charge >= 0.3 is 0 Å². The molecule has 0 aliphatic carbocycles. The van der Waals surface area contributed by atoms with Crippen LogP contribution in [0.5, 0.6) is 0 Å². The summed E-state index contributed by atoms with van der Waals surface area (Å²) < 4.78 is 28.8. The summed E-state index contributed by atoms with van der Waals surface area (Å²) >= 11 is 0. The Morgan fingerprint density at radius 2 is 1.46 bits per heavy atom. The van der Waals surface area contributed by atoms with Crippen LogP contribution in [0.15, 0.2) is 42.5 Å². The third-order valence-electron chi connectivity index (χ3n) is 5.17. The minimum Gasteiger partial charge on any atom is -0.399 e. The van der Waals surface area contributed by atoms with Gasteiger partial charge in [-0.05, 0) is 50.6 Å². The molecule has 5 rings (SSSR count). The van der Waals surface area contributed by atoms with Crippen molar-refractivity contribution in [1.29, 1.82) is 0 Å². The second-order valence-corrected chi connectivity index (χ2v) is 8.41. The van der Waals surface area contributed by atoms with Gasteiger partial charge in [0.25, 0.3) is 0 Å². The average Bonchev–Trinajstić information content (AvgIpc) is 3.26. The normalized spacial score (nSPS) is 32.7. The molecule has 0 radical (unpaired) electrons. The highest BCUT2D eigenvalue weighted by Gasteiger charge is 2.54. The predicted molar refractivity (Wildman–Crippen MR) is 107 cm³/mol. The lowest BCUT2D eigenvalue weighted by Crippen LogP contribution is -2.40. The third-order valence-corrected chi connectivity index (χ3v) is 5.17. The summed E-state index contributed by atoms with van der Waals surface area (Å²) in [6.07, 6.45) is -0.198. The highest BCUT2D eigenvalue weighted by atomic mass is 16.8. The Kier molecular flexibility index (Phi) is 5.10. The third kappa shape index (κ3) is 4.16. The van der Waals surface area contributed by atoms with Crippen molar-refractivity contribution in [1.82, 2.24) is 0 Å². The number of hydrogen-bond acceptors (Lipinski definition) is 6. The molecule has 6 heteroatoms. The van der Waals surface area contributed by atoms with Crippen molar-refractivity contribution in [2.24, 2.45) is 0 Å². The topological polar surface area (TPSA) is 72.2 Å². The molecule has 3 saturated heterocycles. The average molecular weight is 387 g/mol. The fourth-order valence-electron chi connectivity index (χ4n) is 3.98. The Labute approximate surface area is 165 Å². The molecule has 6 nitrogen and oxygen atoms in total. The first-order chi connectivity index (χ1) is 13.2. The SMILES string of the molecule is CC1(C)OCC([C@H]2OCC3OC(C)(C)OC32)O1.Nc1ccc2ccccc2c1. The van der Waals surface area contributed by atoms with Crippen LogP contribution in [0.4, 0.5) is 5.69 Å². The summed E-state index contributed by atoms with van der Waals surface area (Å²) in [5.41, 5.74) is 6.45. The van der Waals surface area contributed by atoms with Gasteiger partial charge in [0.15, 0.2) is 11.6 Å². The Bertz CT molecular complexity index is 837. The quantitative estimate of drug-likeness (QED) is 0.756. The fourth-order valence-corrected chi connectivity index (χ4v) is 3.98. The molecule has 4 atom stereocenters. The van der Waals surface area contributed by atoms with E-state index in [1.54, 1.807) is 0 Å². The maximum Gasteiger partial charge on any atom is 0.164 e. The molecule has 3 aliphatic heterocycles. The molecular weight excluding hydrogens is 358 g/mol. The maximum absolute atomic E-state index is 5.88. The van der Waals surface area contributed by atoms with E-state index in [2.05, 4.69) is 12.1 Å². The number of rotatable bonds is 1. The van der Waals surface area contributed by atoms with Crippen molar-refractivity contribution in [2.75, 3.05) is 18.9 Å². The molecule has 2 N–H and O–H groups in total. The summed E-state index contributed by atoms with van der Waals surface area (Å²) in [5, 5.41) is 2.44. The van der Waals surface area contributed by atoms with Crippen molar-refractivity contribution in [2.45, 2.75) is 63.7 Å². The van der Waals surface area contributed by atoms with Crippen LogP contribution in [0.2, 0.25) is 0 Å². The smallest absolute Gasteiger partial charge is 0.164 e. The van der Waals surface area contributed by atoms with Crippen LogP contribution in [0.25, 0.3) is 10.8 Å². The molecule has 0 amide bonds. The first-order valence-corrected chi connectivity index (χ1v) is 9.76.